The van der Waals surface area contributed by atoms with E-state index in [1.165, 1.54) is 6.92 Å². The molecule has 1 saturated heterocycles. The number of likely N-dealkylation sites (tertiary alicyclic amines) is 1. The number of rotatable bonds is 4. The number of carbonyl (C=O) groups is 4. The standard InChI is InChI=1S/C17H18N2O5/c1-11(17(23)24-10-14(20)18-8-4-5-9-18)19-15(21)12-6-2-3-7-13(12)16(19)22/h2-3,6-7,11H,4-5,8-10H2,1H3. The smallest absolute Gasteiger partial charge is 0.329 e. The van der Waals surface area contributed by atoms with Gasteiger partial charge in [-0.15, -0.1) is 0 Å². The molecule has 0 saturated carbocycles. The largest absolute Gasteiger partial charge is 0.454 e. The fourth-order valence-corrected chi connectivity index (χ4v) is 2.98. The zero-order valence-electron chi connectivity index (χ0n) is 13.4. The van der Waals surface area contributed by atoms with Crippen LogP contribution < -0.4 is 0 Å². The number of hydrogen-bond acceptors (Lipinski definition) is 5. The maximum absolute atomic E-state index is 12.3. The van der Waals surface area contributed by atoms with Gasteiger partial charge in [-0.2, -0.15) is 0 Å². The van der Waals surface area contributed by atoms with Gasteiger partial charge in [-0.05, 0) is 31.9 Å². The van der Waals surface area contributed by atoms with E-state index in [9.17, 15) is 19.2 Å². The SMILES string of the molecule is CC(C(=O)OCC(=O)N1CCCC1)N1C(=O)c2ccccc2C1=O. The van der Waals surface area contributed by atoms with E-state index >= 15 is 0 Å². The van der Waals surface area contributed by atoms with Gasteiger partial charge in [0.2, 0.25) is 0 Å². The minimum absolute atomic E-state index is 0.254. The molecule has 7 heteroatoms. The topological polar surface area (TPSA) is 84.0 Å². The average Bonchev–Trinajstić information content (AvgIpc) is 3.20. The van der Waals surface area contributed by atoms with Crippen LogP contribution in [0.5, 0.6) is 0 Å². The van der Waals surface area contributed by atoms with Crippen LogP contribution in [-0.2, 0) is 14.3 Å². The highest BCUT2D eigenvalue weighted by atomic mass is 16.5. The van der Waals surface area contributed by atoms with Gasteiger partial charge in [-0.3, -0.25) is 19.3 Å². The van der Waals surface area contributed by atoms with Crippen LogP contribution in [0, 0.1) is 0 Å². The Hall–Kier alpha value is -2.70. The number of benzene rings is 1. The van der Waals surface area contributed by atoms with Gasteiger partial charge in [0.1, 0.15) is 6.04 Å². The summed E-state index contributed by atoms with van der Waals surface area (Å²) in [5.74, 6) is -2.07. The zero-order valence-corrected chi connectivity index (χ0v) is 13.4. The number of imide groups is 1. The first-order chi connectivity index (χ1) is 11.5. The lowest BCUT2D eigenvalue weighted by Crippen LogP contribution is -2.44. The minimum atomic E-state index is -1.08. The summed E-state index contributed by atoms with van der Waals surface area (Å²) < 4.78 is 5.01. The number of nitrogens with zero attached hydrogens (tertiary/aromatic N) is 2. The Bertz CT molecular complexity index is 674. The Balaban J connectivity index is 1.63. The fourth-order valence-electron chi connectivity index (χ4n) is 2.98. The summed E-state index contributed by atoms with van der Waals surface area (Å²) in [4.78, 5) is 51.2. The molecule has 2 heterocycles. The van der Waals surface area contributed by atoms with E-state index in [0.29, 0.717) is 13.1 Å². The Kier molecular flexibility index (Phi) is 4.33. The number of hydrogen-bond donors (Lipinski definition) is 0. The maximum atomic E-state index is 12.3. The second kappa shape index (κ2) is 6.43. The highest BCUT2D eigenvalue weighted by Gasteiger charge is 2.41. The van der Waals surface area contributed by atoms with E-state index in [0.717, 1.165) is 17.7 Å². The second-order valence-corrected chi connectivity index (χ2v) is 5.90. The summed E-state index contributed by atoms with van der Waals surface area (Å²) in [5, 5.41) is 0. The molecule has 0 spiro atoms. The first-order valence-electron chi connectivity index (χ1n) is 7.92. The van der Waals surface area contributed by atoms with Crippen LogP contribution in [-0.4, -0.2) is 59.2 Å². The quantitative estimate of drug-likeness (QED) is 0.603. The summed E-state index contributed by atoms with van der Waals surface area (Å²) in [6, 6.07) is 5.33. The Morgan fingerprint density at radius 3 is 2.17 bits per heavy atom. The number of fused-ring (bicyclic) bond motifs is 1. The fraction of sp³-hybridized carbons (Fsp3) is 0.412. The van der Waals surface area contributed by atoms with Crippen molar-refractivity contribution in [2.24, 2.45) is 0 Å². The predicted octanol–water partition coefficient (Wildman–Crippen LogP) is 0.837. The van der Waals surface area contributed by atoms with E-state index in [2.05, 4.69) is 0 Å². The minimum Gasteiger partial charge on any atom is -0.454 e. The third kappa shape index (κ3) is 2.77. The molecule has 1 aromatic rings. The summed E-state index contributed by atoms with van der Waals surface area (Å²) in [7, 11) is 0. The molecule has 24 heavy (non-hydrogen) atoms. The van der Waals surface area contributed by atoms with Crippen molar-refractivity contribution in [1.29, 1.82) is 0 Å². The summed E-state index contributed by atoms with van der Waals surface area (Å²) in [5.41, 5.74) is 0.547. The van der Waals surface area contributed by atoms with Gasteiger partial charge in [0.05, 0.1) is 11.1 Å². The molecule has 0 aromatic heterocycles. The Morgan fingerprint density at radius 1 is 1.08 bits per heavy atom. The van der Waals surface area contributed by atoms with E-state index in [1.54, 1.807) is 29.2 Å². The van der Waals surface area contributed by atoms with Crippen LogP contribution >= 0.6 is 0 Å². The molecule has 0 radical (unpaired) electrons. The lowest BCUT2D eigenvalue weighted by Gasteiger charge is -2.21. The lowest BCUT2D eigenvalue weighted by molar-refractivity contribution is -0.154. The maximum Gasteiger partial charge on any atom is 0.329 e. The van der Waals surface area contributed by atoms with Crippen LogP contribution in [0.15, 0.2) is 24.3 Å². The summed E-state index contributed by atoms with van der Waals surface area (Å²) in [6.07, 6.45) is 1.90. The highest BCUT2D eigenvalue weighted by molar-refractivity contribution is 6.22. The van der Waals surface area contributed by atoms with Gasteiger partial charge in [-0.1, -0.05) is 12.1 Å². The molecule has 7 nitrogen and oxygen atoms in total. The Morgan fingerprint density at radius 2 is 1.62 bits per heavy atom. The molecular formula is C17H18N2O5. The third-order valence-corrected chi connectivity index (χ3v) is 4.35. The molecule has 126 valence electrons. The molecule has 1 unspecified atom stereocenters. The summed E-state index contributed by atoms with van der Waals surface area (Å²) >= 11 is 0. The molecule has 0 N–H and O–H groups in total. The van der Waals surface area contributed by atoms with Crippen molar-refractivity contribution in [3.05, 3.63) is 35.4 Å². The van der Waals surface area contributed by atoms with Crippen LogP contribution in [0.1, 0.15) is 40.5 Å². The first-order valence-corrected chi connectivity index (χ1v) is 7.92. The molecule has 2 aliphatic rings. The number of ether oxygens (including phenoxy) is 1. The van der Waals surface area contributed by atoms with E-state index < -0.39 is 23.8 Å². The second-order valence-electron chi connectivity index (χ2n) is 5.90. The van der Waals surface area contributed by atoms with Crippen LogP contribution in [0.3, 0.4) is 0 Å². The first kappa shape index (κ1) is 16.2. The van der Waals surface area contributed by atoms with Gasteiger partial charge in [0, 0.05) is 13.1 Å². The molecular weight excluding hydrogens is 312 g/mol. The van der Waals surface area contributed by atoms with Crippen molar-refractivity contribution in [2.45, 2.75) is 25.8 Å². The highest BCUT2D eigenvalue weighted by Crippen LogP contribution is 2.24. The van der Waals surface area contributed by atoms with E-state index in [1.807, 2.05) is 0 Å². The van der Waals surface area contributed by atoms with Crippen LogP contribution in [0.2, 0.25) is 0 Å². The summed E-state index contributed by atoms with van der Waals surface area (Å²) in [6.45, 7) is 2.39. The van der Waals surface area contributed by atoms with E-state index in [-0.39, 0.29) is 23.6 Å². The van der Waals surface area contributed by atoms with Crippen molar-refractivity contribution in [1.82, 2.24) is 9.80 Å². The van der Waals surface area contributed by atoms with Gasteiger partial charge >= 0.3 is 5.97 Å². The molecule has 0 aliphatic carbocycles. The molecule has 2 aliphatic heterocycles. The van der Waals surface area contributed by atoms with Gasteiger partial charge in [0.15, 0.2) is 6.61 Å². The third-order valence-electron chi connectivity index (χ3n) is 4.35. The number of carbonyl (C=O) groups excluding carboxylic acids is 4. The molecule has 1 fully saturated rings. The normalized spacial score (nSPS) is 17.9. The van der Waals surface area contributed by atoms with Gasteiger partial charge in [-0.25, -0.2) is 4.79 Å². The van der Waals surface area contributed by atoms with Gasteiger partial charge in [0.25, 0.3) is 17.7 Å². The molecule has 3 rings (SSSR count). The van der Waals surface area contributed by atoms with Gasteiger partial charge < -0.3 is 9.64 Å². The zero-order chi connectivity index (χ0) is 17.3. The molecule has 1 atom stereocenters. The monoisotopic (exact) mass is 330 g/mol. The van der Waals surface area contributed by atoms with Crippen LogP contribution in [0.4, 0.5) is 0 Å². The number of amides is 3. The van der Waals surface area contributed by atoms with Crippen molar-refractivity contribution < 1.29 is 23.9 Å². The van der Waals surface area contributed by atoms with E-state index in [4.69, 9.17) is 4.74 Å². The number of esters is 1. The van der Waals surface area contributed by atoms with Crippen molar-refractivity contribution in [3.8, 4) is 0 Å². The molecule has 0 bridgehead atoms. The van der Waals surface area contributed by atoms with Crippen molar-refractivity contribution in [3.63, 3.8) is 0 Å². The lowest BCUT2D eigenvalue weighted by atomic mass is 10.1. The van der Waals surface area contributed by atoms with Crippen LogP contribution in [0.25, 0.3) is 0 Å². The molecule has 1 aromatic carbocycles. The van der Waals surface area contributed by atoms with Crippen molar-refractivity contribution >= 4 is 23.7 Å². The van der Waals surface area contributed by atoms with Crippen molar-refractivity contribution in [2.75, 3.05) is 19.7 Å². The average molecular weight is 330 g/mol. The predicted molar refractivity (Wildman–Crippen MR) is 83.2 cm³/mol. The molecule has 3 amide bonds. The Labute approximate surface area is 139 Å².